The molecular formula is C12H19N3O3. The highest BCUT2D eigenvalue weighted by Crippen LogP contribution is 2.12. The fourth-order valence-electron chi connectivity index (χ4n) is 2.25. The molecule has 2 atom stereocenters. The van der Waals surface area contributed by atoms with Gasteiger partial charge in [0.15, 0.2) is 0 Å². The van der Waals surface area contributed by atoms with Crippen molar-refractivity contribution in [1.29, 1.82) is 0 Å². The van der Waals surface area contributed by atoms with E-state index in [2.05, 4.69) is 5.32 Å². The third kappa shape index (κ3) is 2.39. The van der Waals surface area contributed by atoms with Crippen LogP contribution in [-0.2, 0) is 25.4 Å². The van der Waals surface area contributed by atoms with E-state index in [-0.39, 0.29) is 23.4 Å². The Morgan fingerprint density at radius 1 is 1.44 bits per heavy atom. The van der Waals surface area contributed by atoms with Crippen LogP contribution >= 0.6 is 0 Å². The van der Waals surface area contributed by atoms with Crippen LogP contribution in [0.5, 0.6) is 0 Å². The summed E-state index contributed by atoms with van der Waals surface area (Å²) in [4.78, 5) is 23.4. The largest absolute Gasteiger partial charge is 0.377 e. The van der Waals surface area contributed by atoms with Gasteiger partial charge < -0.3 is 14.6 Å². The van der Waals surface area contributed by atoms with Gasteiger partial charge in [0.05, 0.1) is 6.10 Å². The van der Waals surface area contributed by atoms with E-state index in [9.17, 15) is 9.59 Å². The number of aromatic nitrogens is 2. The van der Waals surface area contributed by atoms with Gasteiger partial charge in [0.2, 0.25) is 0 Å². The van der Waals surface area contributed by atoms with Gasteiger partial charge in [-0.3, -0.25) is 9.36 Å². The zero-order chi connectivity index (χ0) is 13.3. The first-order chi connectivity index (χ1) is 8.50. The van der Waals surface area contributed by atoms with Crippen LogP contribution in [-0.4, -0.2) is 27.9 Å². The minimum absolute atomic E-state index is 0.168. The molecule has 1 N–H and O–H groups in total. The Morgan fingerprint density at radius 3 is 2.78 bits per heavy atom. The number of nitrogens with one attached hydrogen (secondary N) is 1. The van der Waals surface area contributed by atoms with Gasteiger partial charge in [0, 0.05) is 45.0 Å². The molecule has 0 amide bonds. The normalized spacial score (nSPS) is 23.5. The van der Waals surface area contributed by atoms with Crippen molar-refractivity contribution in [2.75, 3.05) is 6.61 Å². The van der Waals surface area contributed by atoms with Gasteiger partial charge in [-0.15, -0.1) is 0 Å². The highest BCUT2D eigenvalue weighted by atomic mass is 16.5. The first-order valence-corrected chi connectivity index (χ1v) is 6.11. The van der Waals surface area contributed by atoms with Crippen molar-refractivity contribution in [3.8, 4) is 0 Å². The van der Waals surface area contributed by atoms with Crippen LogP contribution in [0.15, 0.2) is 15.8 Å². The molecule has 1 saturated heterocycles. The lowest BCUT2D eigenvalue weighted by Crippen LogP contribution is -2.41. The summed E-state index contributed by atoms with van der Waals surface area (Å²) in [6.45, 7) is 3.23. The molecule has 1 aliphatic heterocycles. The molecule has 100 valence electrons. The predicted molar refractivity (Wildman–Crippen MR) is 67.6 cm³/mol. The third-order valence-corrected chi connectivity index (χ3v) is 3.45. The van der Waals surface area contributed by atoms with Gasteiger partial charge in [-0.05, 0) is 13.3 Å². The second kappa shape index (κ2) is 5.07. The Morgan fingerprint density at radius 2 is 2.17 bits per heavy atom. The zero-order valence-electron chi connectivity index (χ0n) is 11.0. The van der Waals surface area contributed by atoms with Crippen molar-refractivity contribution in [3.63, 3.8) is 0 Å². The highest BCUT2D eigenvalue weighted by Gasteiger charge is 2.23. The van der Waals surface area contributed by atoms with Crippen molar-refractivity contribution in [2.45, 2.75) is 32.0 Å². The number of hydrogen-bond donors (Lipinski definition) is 1. The predicted octanol–water partition coefficient (Wildman–Crippen LogP) is -0.649. The molecule has 18 heavy (non-hydrogen) atoms. The van der Waals surface area contributed by atoms with E-state index in [0.29, 0.717) is 12.1 Å². The van der Waals surface area contributed by atoms with Crippen molar-refractivity contribution in [3.05, 3.63) is 32.6 Å². The average Bonchev–Trinajstić information content (AvgIpc) is 2.75. The second-order valence-corrected chi connectivity index (χ2v) is 4.76. The Bertz CT molecular complexity index is 546. The van der Waals surface area contributed by atoms with E-state index in [4.69, 9.17) is 4.74 Å². The van der Waals surface area contributed by atoms with Crippen LogP contribution in [0.2, 0.25) is 0 Å². The van der Waals surface area contributed by atoms with Crippen LogP contribution in [0, 0.1) is 0 Å². The SMILES string of the molecule is CC1OCCC1NCc1cn(C)c(=O)n(C)c1=O. The molecule has 2 rings (SSSR count). The molecule has 0 bridgehead atoms. The first-order valence-electron chi connectivity index (χ1n) is 6.11. The van der Waals surface area contributed by atoms with E-state index in [1.165, 1.54) is 11.6 Å². The van der Waals surface area contributed by atoms with Gasteiger partial charge >= 0.3 is 5.69 Å². The van der Waals surface area contributed by atoms with Crippen LogP contribution in [0.3, 0.4) is 0 Å². The first kappa shape index (κ1) is 13.0. The van der Waals surface area contributed by atoms with Gasteiger partial charge in [0.1, 0.15) is 0 Å². The van der Waals surface area contributed by atoms with E-state index < -0.39 is 0 Å². The summed E-state index contributed by atoms with van der Waals surface area (Å²) in [5.74, 6) is 0. The molecule has 0 saturated carbocycles. The summed E-state index contributed by atoms with van der Waals surface area (Å²) in [5.41, 5.74) is 0.0530. The number of nitrogens with zero attached hydrogens (tertiary/aromatic N) is 2. The van der Waals surface area contributed by atoms with E-state index in [0.717, 1.165) is 17.6 Å². The van der Waals surface area contributed by atoms with Crippen molar-refractivity contribution < 1.29 is 4.74 Å². The zero-order valence-corrected chi connectivity index (χ0v) is 11.0. The molecule has 6 nitrogen and oxygen atoms in total. The van der Waals surface area contributed by atoms with Crippen LogP contribution in [0.1, 0.15) is 18.9 Å². The molecule has 0 radical (unpaired) electrons. The summed E-state index contributed by atoms with van der Waals surface area (Å²) in [7, 11) is 3.14. The maximum Gasteiger partial charge on any atom is 0.330 e. The summed E-state index contributed by atoms with van der Waals surface area (Å²) in [5, 5.41) is 3.31. The van der Waals surface area contributed by atoms with Crippen LogP contribution in [0.25, 0.3) is 0 Å². The minimum atomic E-state index is -0.304. The van der Waals surface area contributed by atoms with Crippen molar-refractivity contribution in [2.24, 2.45) is 14.1 Å². The van der Waals surface area contributed by atoms with Gasteiger partial charge in [0.25, 0.3) is 5.56 Å². The monoisotopic (exact) mass is 253 g/mol. The Labute approximate surface area is 105 Å². The van der Waals surface area contributed by atoms with Crippen LogP contribution < -0.4 is 16.6 Å². The Kier molecular flexibility index (Phi) is 3.68. The lowest BCUT2D eigenvalue weighted by atomic mass is 10.1. The summed E-state index contributed by atoms with van der Waals surface area (Å²) < 4.78 is 8.00. The molecule has 0 aromatic carbocycles. The van der Waals surface area contributed by atoms with Crippen molar-refractivity contribution >= 4 is 0 Å². The lowest BCUT2D eigenvalue weighted by Gasteiger charge is -2.16. The highest BCUT2D eigenvalue weighted by molar-refractivity contribution is 5.05. The smallest absolute Gasteiger partial charge is 0.330 e. The molecular weight excluding hydrogens is 234 g/mol. The Hall–Kier alpha value is -1.40. The summed E-state index contributed by atoms with van der Waals surface area (Å²) >= 11 is 0. The average molecular weight is 253 g/mol. The third-order valence-electron chi connectivity index (χ3n) is 3.45. The maximum absolute atomic E-state index is 11.9. The standard InChI is InChI=1S/C12H19N3O3/c1-8-10(4-5-18-8)13-6-9-7-14(2)12(17)15(3)11(9)16/h7-8,10,13H,4-6H2,1-3H3. The van der Waals surface area contributed by atoms with Crippen LogP contribution in [0.4, 0.5) is 0 Å². The molecule has 0 aliphatic carbocycles. The second-order valence-electron chi connectivity index (χ2n) is 4.76. The minimum Gasteiger partial charge on any atom is -0.377 e. The molecule has 2 heterocycles. The van der Waals surface area contributed by atoms with Gasteiger partial charge in [-0.2, -0.15) is 0 Å². The van der Waals surface area contributed by atoms with Crippen molar-refractivity contribution in [1.82, 2.24) is 14.5 Å². The fraction of sp³-hybridized carbons (Fsp3) is 0.667. The summed E-state index contributed by atoms with van der Waals surface area (Å²) in [6.07, 6.45) is 2.71. The van der Waals surface area contributed by atoms with E-state index >= 15 is 0 Å². The molecule has 2 unspecified atom stereocenters. The quantitative estimate of drug-likeness (QED) is 0.777. The molecule has 1 aromatic rings. The molecule has 0 spiro atoms. The lowest BCUT2D eigenvalue weighted by molar-refractivity contribution is 0.113. The molecule has 1 aromatic heterocycles. The molecule has 1 fully saturated rings. The van der Waals surface area contributed by atoms with Gasteiger partial charge in [-0.25, -0.2) is 4.79 Å². The molecule has 1 aliphatic rings. The van der Waals surface area contributed by atoms with E-state index in [1.54, 1.807) is 13.2 Å². The fourth-order valence-corrected chi connectivity index (χ4v) is 2.25. The number of aryl methyl sites for hydroxylation is 1. The number of rotatable bonds is 3. The van der Waals surface area contributed by atoms with E-state index in [1.807, 2.05) is 6.92 Å². The summed E-state index contributed by atoms with van der Waals surface area (Å²) in [6, 6.07) is 0.270. The topological polar surface area (TPSA) is 65.3 Å². The number of hydrogen-bond acceptors (Lipinski definition) is 4. The number of ether oxygens (including phenoxy) is 1. The van der Waals surface area contributed by atoms with Gasteiger partial charge in [-0.1, -0.05) is 0 Å². The Balaban J connectivity index is 2.15. The molecule has 6 heteroatoms. The maximum atomic E-state index is 11.9.